The van der Waals surface area contributed by atoms with Crippen LogP contribution in [0, 0.1) is 5.82 Å². The molecular formula is C23H23FN4O3S2. The summed E-state index contributed by atoms with van der Waals surface area (Å²) in [5.41, 5.74) is 0.464. The van der Waals surface area contributed by atoms with E-state index in [1.165, 1.54) is 33.6 Å². The number of likely N-dealkylation sites (tertiary alicyclic amines) is 1. The highest BCUT2D eigenvalue weighted by Gasteiger charge is 2.34. The van der Waals surface area contributed by atoms with Gasteiger partial charge in [-0.3, -0.25) is 9.48 Å². The summed E-state index contributed by atoms with van der Waals surface area (Å²) in [6, 6.07) is 5.37. The fourth-order valence-corrected chi connectivity index (χ4v) is 6.36. The van der Waals surface area contributed by atoms with Gasteiger partial charge >= 0.3 is 6.09 Å². The fraction of sp³-hybridized carbons (Fsp3) is 0.391. The molecule has 0 aliphatic carbocycles. The van der Waals surface area contributed by atoms with E-state index in [9.17, 15) is 14.0 Å². The smallest absolute Gasteiger partial charge is 0.410 e. The predicted molar refractivity (Wildman–Crippen MR) is 127 cm³/mol. The Morgan fingerprint density at radius 3 is 2.73 bits per heavy atom. The average Bonchev–Trinajstić information content (AvgIpc) is 3.38. The van der Waals surface area contributed by atoms with Gasteiger partial charge in [0.1, 0.15) is 21.0 Å². The first kappa shape index (κ1) is 22.0. The van der Waals surface area contributed by atoms with Crippen molar-refractivity contribution in [3.05, 3.63) is 35.1 Å². The Bertz CT molecular complexity index is 1370. The lowest BCUT2D eigenvalue weighted by molar-refractivity contribution is -0.123. The average molecular weight is 487 g/mol. The van der Waals surface area contributed by atoms with Crippen LogP contribution in [0.4, 0.5) is 9.18 Å². The summed E-state index contributed by atoms with van der Waals surface area (Å²) in [6.07, 6.45) is 1.89. The van der Waals surface area contributed by atoms with E-state index >= 15 is 0 Å². The minimum absolute atomic E-state index is 0.00494. The molecule has 1 atom stereocenters. The SMILES string of the molecule is Cn1cc2cc(-c3nc4sc(C5CCN(C(=O)OC(C)(C)C)CC5=O)cc4s3)cc(F)c2n1. The van der Waals surface area contributed by atoms with E-state index in [0.717, 1.165) is 24.8 Å². The molecule has 172 valence electrons. The summed E-state index contributed by atoms with van der Waals surface area (Å²) in [6.45, 7) is 5.95. The van der Waals surface area contributed by atoms with Gasteiger partial charge in [-0.1, -0.05) is 0 Å². The lowest BCUT2D eigenvalue weighted by Gasteiger charge is -2.32. The van der Waals surface area contributed by atoms with Crippen molar-refractivity contribution in [3.63, 3.8) is 0 Å². The Morgan fingerprint density at radius 2 is 2.03 bits per heavy atom. The van der Waals surface area contributed by atoms with E-state index < -0.39 is 11.7 Å². The van der Waals surface area contributed by atoms with Gasteiger partial charge < -0.3 is 9.64 Å². The molecule has 1 amide bonds. The van der Waals surface area contributed by atoms with E-state index in [4.69, 9.17) is 9.72 Å². The first-order chi connectivity index (χ1) is 15.6. The number of fused-ring (bicyclic) bond motifs is 2. The van der Waals surface area contributed by atoms with Crippen LogP contribution in [0.25, 0.3) is 31.0 Å². The van der Waals surface area contributed by atoms with Crippen LogP contribution in [0.2, 0.25) is 0 Å². The molecule has 3 aromatic heterocycles. The van der Waals surface area contributed by atoms with Crippen LogP contribution in [0.5, 0.6) is 0 Å². The maximum atomic E-state index is 14.5. The third-order valence-electron chi connectivity index (χ3n) is 5.45. The molecule has 4 heterocycles. The summed E-state index contributed by atoms with van der Waals surface area (Å²) in [4.78, 5) is 33.1. The van der Waals surface area contributed by atoms with Crippen molar-refractivity contribution in [2.75, 3.05) is 13.1 Å². The van der Waals surface area contributed by atoms with E-state index in [1.54, 1.807) is 17.9 Å². The number of aromatic nitrogens is 3. The predicted octanol–water partition coefficient (Wildman–Crippen LogP) is 5.34. The highest BCUT2D eigenvalue weighted by molar-refractivity contribution is 7.28. The lowest BCUT2D eigenvalue weighted by atomic mass is 9.94. The molecule has 5 rings (SSSR count). The third kappa shape index (κ3) is 4.24. The van der Waals surface area contributed by atoms with Crippen molar-refractivity contribution in [1.29, 1.82) is 0 Å². The number of piperidine rings is 1. The number of Topliss-reactive ketones (excluding diaryl/α,β-unsaturated/α-hetero) is 1. The van der Waals surface area contributed by atoms with Crippen molar-refractivity contribution in [3.8, 4) is 10.6 Å². The molecule has 1 fully saturated rings. The van der Waals surface area contributed by atoms with Gasteiger partial charge in [-0.25, -0.2) is 14.2 Å². The van der Waals surface area contributed by atoms with Gasteiger partial charge in [0, 0.05) is 35.6 Å². The van der Waals surface area contributed by atoms with Crippen LogP contribution < -0.4 is 0 Å². The number of thiazole rings is 1. The minimum atomic E-state index is -0.594. The van der Waals surface area contributed by atoms with Gasteiger partial charge in [0.05, 0.1) is 17.2 Å². The molecule has 0 radical (unpaired) electrons. The monoisotopic (exact) mass is 486 g/mol. The Hall–Kier alpha value is -2.85. The molecule has 4 aromatic rings. The standard InChI is InChI=1S/C23H23FN4O3S2/c1-23(2,3)31-22(30)28-6-5-14(16(29)11-28)17-9-18-21(32-17)25-20(33-18)12-7-13-10-27(4)26-19(13)15(24)8-12/h7-10,14H,5-6,11H2,1-4H3. The molecule has 1 saturated heterocycles. The number of rotatable bonds is 2. The molecule has 0 N–H and O–H groups in total. The van der Waals surface area contributed by atoms with Crippen LogP contribution in [0.1, 0.15) is 38.0 Å². The number of ketones is 1. The number of halogens is 1. The topological polar surface area (TPSA) is 77.3 Å². The molecule has 1 aromatic carbocycles. The van der Waals surface area contributed by atoms with E-state index in [0.29, 0.717) is 24.0 Å². The number of hydrogen-bond acceptors (Lipinski definition) is 7. The first-order valence-corrected chi connectivity index (χ1v) is 12.2. The molecular weight excluding hydrogens is 463 g/mol. The van der Waals surface area contributed by atoms with Gasteiger partial charge in [0.25, 0.3) is 0 Å². The minimum Gasteiger partial charge on any atom is -0.444 e. The molecule has 7 nitrogen and oxygen atoms in total. The normalized spacial score (nSPS) is 17.3. The van der Waals surface area contributed by atoms with Gasteiger partial charge in [-0.05, 0) is 45.4 Å². The summed E-state index contributed by atoms with van der Waals surface area (Å²) >= 11 is 2.97. The van der Waals surface area contributed by atoms with Crippen molar-refractivity contribution in [2.45, 2.75) is 38.7 Å². The zero-order chi connectivity index (χ0) is 23.5. The Morgan fingerprint density at radius 1 is 1.24 bits per heavy atom. The molecule has 1 aliphatic heterocycles. The Labute approximate surface area is 197 Å². The summed E-state index contributed by atoms with van der Waals surface area (Å²) in [5.74, 6) is -0.613. The quantitative estimate of drug-likeness (QED) is 0.382. The molecule has 33 heavy (non-hydrogen) atoms. The number of carbonyl (C=O) groups is 2. The van der Waals surface area contributed by atoms with Crippen molar-refractivity contribution < 1.29 is 18.7 Å². The maximum absolute atomic E-state index is 14.5. The molecule has 1 unspecified atom stereocenters. The van der Waals surface area contributed by atoms with Gasteiger partial charge in [0.2, 0.25) is 0 Å². The highest BCUT2D eigenvalue weighted by Crippen LogP contribution is 2.40. The second kappa shape index (κ2) is 7.88. The zero-order valence-corrected chi connectivity index (χ0v) is 20.3. The van der Waals surface area contributed by atoms with Crippen molar-refractivity contribution in [1.82, 2.24) is 19.7 Å². The number of ether oxygens (including phenoxy) is 1. The number of amides is 1. The van der Waals surface area contributed by atoms with Crippen molar-refractivity contribution >= 4 is 55.0 Å². The van der Waals surface area contributed by atoms with Crippen LogP contribution in [-0.4, -0.2) is 50.2 Å². The van der Waals surface area contributed by atoms with E-state index in [-0.39, 0.29) is 24.1 Å². The van der Waals surface area contributed by atoms with Crippen molar-refractivity contribution in [2.24, 2.45) is 7.05 Å². The number of thiophene rings is 1. The number of benzene rings is 1. The lowest BCUT2D eigenvalue weighted by Crippen LogP contribution is -2.45. The second-order valence-corrected chi connectivity index (χ2v) is 11.3. The first-order valence-electron chi connectivity index (χ1n) is 10.6. The number of hydrogen-bond donors (Lipinski definition) is 0. The van der Waals surface area contributed by atoms with E-state index in [1.807, 2.05) is 32.9 Å². The van der Waals surface area contributed by atoms with E-state index in [2.05, 4.69) is 5.10 Å². The molecule has 1 aliphatic rings. The number of nitrogens with zero attached hydrogens (tertiary/aromatic N) is 4. The molecule has 0 bridgehead atoms. The third-order valence-corrected chi connectivity index (χ3v) is 7.77. The Balaban J connectivity index is 1.35. The largest absolute Gasteiger partial charge is 0.444 e. The van der Waals surface area contributed by atoms with Crippen LogP contribution >= 0.6 is 22.7 Å². The summed E-state index contributed by atoms with van der Waals surface area (Å²) in [7, 11) is 1.76. The summed E-state index contributed by atoms with van der Waals surface area (Å²) < 4.78 is 22.4. The van der Waals surface area contributed by atoms with Crippen LogP contribution in [-0.2, 0) is 16.6 Å². The Kier molecular flexibility index (Phi) is 5.24. The number of carbonyl (C=O) groups excluding carboxylic acids is 2. The summed E-state index contributed by atoms with van der Waals surface area (Å²) in [5, 5.41) is 5.61. The van der Waals surface area contributed by atoms with Crippen LogP contribution in [0.3, 0.4) is 0 Å². The number of aryl methyl sites for hydroxylation is 1. The van der Waals surface area contributed by atoms with Gasteiger partial charge in [-0.15, -0.1) is 22.7 Å². The van der Waals surface area contributed by atoms with Gasteiger partial charge in [-0.2, -0.15) is 5.10 Å². The molecule has 0 spiro atoms. The highest BCUT2D eigenvalue weighted by atomic mass is 32.1. The van der Waals surface area contributed by atoms with Crippen LogP contribution in [0.15, 0.2) is 24.4 Å². The molecule has 10 heteroatoms. The fourth-order valence-electron chi connectivity index (χ4n) is 3.99. The maximum Gasteiger partial charge on any atom is 0.410 e. The molecule has 0 saturated carbocycles. The zero-order valence-electron chi connectivity index (χ0n) is 18.7. The van der Waals surface area contributed by atoms with Gasteiger partial charge in [0.15, 0.2) is 11.6 Å². The second-order valence-electron chi connectivity index (χ2n) is 9.25.